The Morgan fingerprint density at radius 2 is 2.18 bits per heavy atom. The Balaban J connectivity index is 2.36. The lowest BCUT2D eigenvalue weighted by atomic mass is 10.1. The molecule has 3 heteroatoms. The lowest BCUT2D eigenvalue weighted by Gasteiger charge is -2.17. The summed E-state index contributed by atoms with van der Waals surface area (Å²) >= 11 is 0. The van der Waals surface area contributed by atoms with Crippen LogP contribution in [-0.4, -0.2) is 30.9 Å². The highest BCUT2D eigenvalue weighted by Gasteiger charge is 2.09. The fourth-order valence-electron chi connectivity index (χ4n) is 1.66. The van der Waals surface area contributed by atoms with Gasteiger partial charge in [0, 0.05) is 19.2 Å². The highest BCUT2D eigenvalue weighted by molar-refractivity contribution is 5.24. The summed E-state index contributed by atoms with van der Waals surface area (Å²) in [6, 6.07) is 8.22. The third-order valence-electron chi connectivity index (χ3n) is 2.66. The second-order valence-corrected chi connectivity index (χ2v) is 4.40. The average Bonchev–Trinajstić information content (AvgIpc) is 2.33. The highest BCUT2D eigenvalue weighted by Crippen LogP contribution is 2.13. The molecule has 3 nitrogen and oxygen atoms in total. The van der Waals surface area contributed by atoms with Crippen molar-refractivity contribution >= 4 is 0 Å². The van der Waals surface area contributed by atoms with Gasteiger partial charge in [-0.15, -0.1) is 0 Å². The number of aliphatic hydroxyl groups is 1. The number of hydrogen-bond donors (Lipinski definition) is 2. The molecule has 0 bridgehead atoms. The van der Waals surface area contributed by atoms with Gasteiger partial charge in [-0.25, -0.2) is 0 Å². The maximum absolute atomic E-state index is 10.0. The van der Waals surface area contributed by atoms with Crippen LogP contribution in [0, 0.1) is 6.92 Å². The maximum Gasteiger partial charge on any atom is 0.0914 e. The third-order valence-corrected chi connectivity index (χ3v) is 2.66. The van der Waals surface area contributed by atoms with Crippen molar-refractivity contribution in [1.29, 1.82) is 0 Å². The van der Waals surface area contributed by atoms with E-state index in [1.54, 1.807) is 0 Å². The second kappa shape index (κ2) is 7.43. The van der Waals surface area contributed by atoms with Crippen LogP contribution in [0.4, 0.5) is 0 Å². The summed E-state index contributed by atoms with van der Waals surface area (Å²) in [6.07, 6.45) is -0.459. The minimum absolute atomic E-state index is 0.259. The largest absolute Gasteiger partial charge is 0.387 e. The minimum Gasteiger partial charge on any atom is -0.387 e. The molecule has 1 rings (SSSR count). The van der Waals surface area contributed by atoms with Crippen LogP contribution in [0.3, 0.4) is 0 Å². The van der Waals surface area contributed by atoms with Crippen molar-refractivity contribution in [3.05, 3.63) is 35.4 Å². The Bertz CT molecular complexity index is 328. The predicted octanol–water partition coefficient (Wildman–Crippen LogP) is 2.04. The van der Waals surface area contributed by atoms with Crippen molar-refractivity contribution < 1.29 is 9.84 Å². The van der Waals surface area contributed by atoms with Gasteiger partial charge in [-0.3, -0.25) is 0 Å². The van der Waals surface area contributed by atoms with E-state index in [2.05, 4.69) is 12.2 Å². The molecule has 2 unspecified atom stereocenters. The Morgan fingerprint density at radius 3 is 2.82 bits per heavy atom. The molecule has 0 aliphatic carbocycles. The van der Waals surface area contributed by atoms with E-state index in [1.165, 1.54) is 5.56 Å². The van der Waals surface area contributed by atoms with E-state index in [0.29, 0.717) is 13.2 Å². The van der Waals surface area contributed by atoms with Gasteiger partial charge in [0.25, 0.3) is 0 Å². The molecule has 0 heterocycles. The van der Waals surface area contributed by atoms with E-state index in [1.807, 2.05) is 38.1 Å². The first kappa shape index (κ1) is 14.2. The van der Waals surface area contributed by atoms with Crippen LogP contribution in [0.25, 0.3) is 0 Å². The van der Waals surface area contributed by atoms with Crippen molar-refractivity contribution in [2.24, 2.45) is 0 Å². The van der Waals surface area contributed by atoms with Crippen molar-refractivity contribution in [1.82, 2.24) is 5.32 Å². The lowest BCUT2D eigenvalue weighted by Crippen LogP contribution is -2.33. The van der Waals surface area contributed by atoms with E-state index in [-0.39, 0.29) is 6.04 Å². The maximum atomic E-state index is 10.0. The monoisotopic (exact) mass is 237 g/mol. The molecule has 0 saturated heterocycles. The summed E-state index contributed by atoms with van der Waals surface area (Å²) < 4.78 is 5.31. The van der Waals surface area contributed by atoms with Crippen molar-refractivity contribution in [3.63, 3.8) is 0 Å². The predicted molar refractivity (Wildman–Crippen MR) is 70.1 cm³/mol. The van der Waals surface area contributed by atoms with Gasteiger partial charge in [-0.1, -0.05) is 29.8 Å². The molecule has 17 heavy (non-hydrogen) atoms. The molecule has 96 valence electrons. The highest BCUT2D eigenvalue weighted by atomic mass is 16.5. The smallest absolute Gasteiger partial charge is 0.0914 e. The molecule has 0 aliphatic heterocycles. The van der Waals surface area contributed by atoms with E-state index in [4.69, 9.17) is 4.74 Å². The first-order valence-corrected chi connectivity index (χ1v) is 6.19. The Labute approximate surface area is 104 Å². The molecule has 0 fully saturated rings. The van der Waals surface area contributed by atoms with Crippen LogP contribution in [-0.2, 0) is 4.74 Å². The van der Waals surface area contributed by atoms with Gasteiger partial charge in [-0.2, -0.15) is 0 Å². The van der Waals surface area contributed by atoms with Gasteiger partial charge in [0.1, 0.15) is 0 Å². The summed E-state index contributed by atoms with van der Waals surface area (Å²) in [7, 11) is 0. The van der Waals surface area contributed by atoms with Gasteiger partial charge in [0.05, 0.1) is 12.7 Å². The second-order valence-electron chi connectivity index (χ2n) is 4.40. The Morgan fingerprint density at radius 1 is 1.41 bits per heavy atom. The molecule has 0 saturated carbocycles. The number of hydrogen-bond acceptors (Lipinski definition) is 3. The average molecular weight is 237 g/mol. The van der Waals surface area contributed by atoms with Gasteiger partial charge in [-0.05, 0) is 26.3 Å². The lowest BCUT2D eigenvalue weighted by molar-refractivity contribution is 0.116. The van der Waals surface area contributed by atoms with Crippen molar-refractivity contribution in [2.75, 3.05) is 19.8 Å². The molecule has 0 aliphatic rings. The molecule has 0 aromatic heterocycles. The van der Waals surface area contributed by atoms with Gasteiger partial charge >= 0.3 is 0 Å². The zero-order chi connectivity index (χ0) is 12.7. The molecular weight excluding hydrogens is 214 g/mol. The van der Waals surface area contributed by atoms with E-state index in [9.17, 15) is 5.11 Å². The zero-order valence-electron chi connectivity index (χ0n) is 10.9. The first-order chi connectivity index (χ1) is 8.13. The number of ether oxygens (including phenoxy) is 1. The van der Waals surface area contributed by atoms with E-state index >= 15 is 0 Å². The molecule has 1 aromatic carbocycles. The quantitative estimate of drug-likeness (QED) is 0.762. The van der Waals surface area contributed by atoms with Crippen LogP contribution in [0.2, 0.25) is 0 Å². The van der Waals surface area contributed by atoms with E-state index in [0.717, 1.165) is 12.2 Å². The molecule has 1 aromatic rings. The standard InChI is InChI=1S/C14H23NO2/c1-4-17-10-12(3)15-9-14(16)13-7-5-6-11(2)8-13/h5-8,12,14-16H,4,9-10H2,1-3H3. The molecular formula is C14H23NO2. The summed E-state index contributed by atoms with van der Waals surface area (Å²) in [5.74, 6) is 0. The SMILES string of the molecule is CCOCC(C)NCC(O)c1cccc(C)c1. The number of benzene rings is 1. The summed E-state index contributed by atoms with van der Waals surface area (Å²) in [5.41, 5.74) is 2.13. The zero-order valence-corrected chi connectivity index (χ0v) is 10.9. The number of rotatable bonds is 7. The van der Waals surface area contributed by atoms with Crippen LogP contribution < -0.4 is 5.32 Å². The molecule has 0 spiro atoms. The third kappa shape index (κ3) is 5.31. The fraction of sp³-hybridized carbons (Fsp3) is 0.571. The topological polar surface area (TPSA) is 41.5 Å². The first-order valence-electron chi connectivity index (χ1n) is 6.19. The van der Waals surface area contributed by atoms with Crippen LogP contribution in [0.15, 0.2) is 24.3 Å². The molecule has 0 amide bonds. The van der Waals surface area contributed by atoms with Crippen LogP contribution in [0.5, 0.6) is 0 Å². The van der Waals surface area contributed by atoms with Crippen LogP contribution in [0.1, 0.15) is 31.1 Å². The van der Waals surface area contributed by atoms with Crippen LogP contribution >= 0.6 is 0 Å². The van der Waals surface area contributed by atoms with Crippen molar-refractivity contribution in [2.45, 2.75) is 32.9 Å². The van der Waals surface area contributed by atoms with Gasteiger partial charge < -0.3 is 15.2 Å². The molecule has 0 radical (unpaired) electrons. The molecule has 2 atom stereocenters. The fourth-order valence-corrected chi connectivity index (χ4v) is 1.66. The number of aryl methyl sites for hydroxylation is 1. The summed E-state index contributed by atoms with van der Waals surface area (Å²) in [6.45, 7) is 8.02. The van der Waals surface area contributed by atoms with Crippen molar-refractivity contribution in [3.8, 4) is 0 Å². The number of nitrogens with one attached hydrogen (secondary N) is 1. The number of aliphatic hydroxyl groups excluding tert-OH is 1. The summed E-state index contributed by atoms with van der Waals surface area (Å²) in [5, 5.41) is 13.3. The Kier molecular flexibility index (Phi) is 6.19. The minimum atomic E-state index is -0.459. The normalized spacial score (nSPS) is 14.6. The Hall–Kier alpha value is -0.900. The van der Waals surface area contributed by atoms with Gasteiger partial charge in [0.2, 0.25) is 0 Å². The summed E-state index contributed by atoms with van der Waals surface area (Å²) in [4.78, 5) is 0. The van der Waals surface area contributed by atoms with Gasteiger partial charge in [0.15, 0.2) is 0 Å². The van der Waals surface area contributed by atoms with E-state index < -0.39 is 6.10 Å². The molecule has 2 N–H and O–H groups in total.